The molecule has 0 saturated carbocycles. The summed E-state index contributed by atoms with van der Waals surface area (Å²) in [5, 5.41) is 5.09. The zero-order valence-corrected chi connectivity index (χ0v) is 30.4. The van der Waals surface area contributed by atoms with Crippen LogP contribution in [0.15, 0.2) is 212 Å². The van der Waals surface area contributed by atoms with Crippen molar-refractivity contribution in [2.45, 2.75) is 0 Å². The molecule has 0 radical (unpaired) electrons. The van der Waals surface area contributed by atoms with Crippen molar-refractivity contribution in [3.63, 3.8) is 0 Å². The summed E-state index contributed by atoms with van der Waals surface area (Å²) in [6.45, 7) is 0. The van der Waals surface area contributed by atoms with Crippen molar-refractivity contribution in [1.29, 1.82) is 0 Å². The second kappa shape index (κ2) is 13.7. The van der Waals surface area contributed by atoms with Gasteiger partial charge in [-0.2, -0.15) is 0 Å². The van der Waals surface area contributed by atoms with Crippen LogP contribution in [0, 0.1) is 0 Å². The van der Waals surface area contributed by atoms with Gasteiger partial charge >= 0.3 is 0 Å². The summed E-state index contributed by atoms with van der Waals surface area (Å²) < 4.78 is 2.58. The van der Waals surface area contributed by atoms with Crippen LogP contribution >= 0.6 is 11.3 Å². The van der Waals surface area contributed by atoms with E-state index in [9.17, 15) is 0 Å². The maximum Gasteiger partial charge on any atom is 0.0640 e. The third kappa shape index (κ3) is 5.84. The fourth-order valence-electron chi connectivity index (χ4n) is 7.76. The topological polar surface area (TPSA) is 3.24 Å². The molecule has 1 heterocycles. The van der Waals surface area contributed by atoms with E-state index < -0.39 is 0 Å². The largest absolute Gasteiger partial charge is 0.309 e. The van der Waals surface area contributed by atoms with Crippen LogP contribution in [0.1, 0.15) is 0 Å². The molecule has 0 amide bonds. The van der Waals surface area contributed by atoms with Gasteiger partial charge in [0.25, 0.3) is 0 Å². The smallest absolute Gasteiger partial charge is 0.0640 e. The lowest BCUT2D eigenvalue weighted by molar-refractivity contribution is 1.30. The zero-order valence-electron chi connectivity index (χ0n) is 29.6. The van der Waals surface area contributed by atoms with Gasteiger partial charge in [-0.25, -0.2) is 0 Å². The molecule has 0 atom stereocenters. The van der Waals surface area contributed by atoms with Crippen molar-refractivity contribution in [1.82, 2.24) is 0 Å². The van der Waals surface area contributed by atoms with Crippen LogP contribution in [0.5, 0.6) is 0 Å². The predicted octanol–water partition coefficient (Wildman–Crippen LogP) is 15.3. The minimum absolute atomic E-state index is 1.12. The normalized spacial score (nSPS) is 11.3. The molecule has 0 bridgehead atoms. The van der Waals surface area contributed by atoms with E-state index in [1.165, 1.54) is 81.1 Å². The standard InChI is InChI=1S/C52H35NS/c1-3-12-36(13-4-1)37-22-24-38(25-23-37)39-26-30-44(31-27-39)53(50-20-11-19-48-47-18-9-10-21-51(47)54-52(48)50)45-32-28-40(29-33-45)43-34-42-16-7-8-17-46(42)49(35-43)41-14-5-2-6-15-41/h1-35H. The van der Waals surface area contributed by atoms with Crippen LogP contribution in [0.25, 0.3) is 75.5 Å². The number of benzene rings is 9. The molecule has 254 valence electrons. The first-order chi connectivity index (χ1) is 26.8. The fraction of sp³-hybridized carbons (Fsp3) is 0. The van der Waals surface area contributed by atoms with Crippen molar-refractivity contribution < 1.29 is 0 Å². The summed E-state index contributed by atoms with van der Waals surface area (Å²) >= 11 is 1.86. The molecule has 0 saturated heterocycles. The van der Waals surface area contributed by atoms with E-state index in [-0.39, 0.29) is 0 Å². The molecule has 0 spiro atoms. The molecular weight excluding hydrogens is 671 g/mol. The van der Waals surface area contributed by atoms with Gasteiger partial charge in [0.1, 0.15) is 0 Å². The molecule has 2 heteroatoms. The quantitative estimate of drug-likeness (QED) is 0.160. The number of anilines is 3. The highest BCUT2D eigenvalue weighted by atomic mass is 32.1. The molecule has 10 aromatic rings. The Morgan fingerprint density at radius 3 is 1.44 bits per heavy atom. The Morgan fingerprint density at radius 2 is 0.796 bits per heavy atom. The van der Waals surface area contributed by atoms with Gasteiger partial charge in [0, 0.05) is 26.8 Å². The van der Waals surface area contributed by atoms with E-state index in [0.29, 0.717) is 0 Å². The Balaban J connectivity index is 1.06. The summed E-state index contributed by atoms with van der Waals surface area (Å²) in [6.07, 6.45) is 0. The Kier molecular flexibility index (Phi) is 8.09. The lowest BCUT2D eigenvalue weighted by Crippen LogP contribution is -2.10. The Hall–Kier alpha value is -6.74. The summed E-state index contributed by atoms with van der Waals surface area (Å²) in [4.78, 5) is 2.42. The van der Waals surface area contributed by atoms with Gasteiger partial charge in [-0.15, -0.1) is 11.3 Å². The van der Waals surface area contributed by atoms with E-state index in [2.05, 4.69) is 217 Å². The Morgan fingerprint density at radius 1 is 0.315 bits per heavy atom. The molecule has 54 heavy (non-hydrogen) atoms. The average Bonchev–Trinajstić information content (AvgIpc) is 3.64. The summed E-state index contributed by atoms with van der Waals surface area (Å²) in [7, 11) is 0. The number of rotatable bonds is 7. The highest BCUT2D eigenvalue weighted by Crippen LogP contribution is 2.45. The molecule has 0 unspecified atom stereocenters. The van der Waals surface area contributed by atoms with Crippen molar-refractivity contribution in [3.8, 4) is 44.5 Å². The highest BCUT2D eigenvalue weighted by molar-refractivity contribution is 7.26. The molecule has 10 rings (SSSR count). The summed E-state index contributed by atoms with van der Waals surface area (Å²) in [5.74, 6) is 0. The van der Waals surface area contributed by atoms with Gasteiger partial charge in [0.05, 0.1) is 10.4 Å². The summed E-state index contributed by atoms with van der Waals surface area (Å²) in [5.41, 5.74) is 13.1. The zero-order chi connectivity index (χ0) is 35.8. The van der Waals surface area contributed by atoms with E-state index in [1.54, 1.807) is 0 Å². The third-order valence-corrected chi connectivity index (χ3v) is 11.7. The van der Waals surface area contributed by atoms with Gasteiger partial charge in [-0.1, -0.05) is 164 Å². The van der Waals surface area contributed by atoms with E-state index in [1.807, 2.05) is 11.3 Å². The minimum atomic E-state index is 1.12. The molecule has 0 aliphatic heterocycles. The van der Waals surface area contributed by atoms with Crippen LogP contribution in [0.3, 0.4) is 0 Å². The summed E-state index contributed by atoms with van der Waals surface area (Å²) in [6, 6.07) is 77.1. The second-order valence-corrected chi connectivity index (χ2v) is 14.8. The molecule has 9 aromatic carbocycles. The first-order valence-corrected chi connectivity index (χ1v) is 19.2. The number of hydrogen-bond donors (Lipinski definition) is 0. The fourth-order valence-corrected chi connectivity index (χ4v) is 8.97. The van der Waals surface area contributed by atoms with Gasteiger partial charge in [-0.05, 0) is 104 Å². The molecule has 0 N–H and O–H groups in total. The lowest BCUT2D eigenvalue weighted by Gasteiger charge is -2.26. The molecule has 1 aromatic heterocycles. The lowest BCUT2D eigenvalue weighted by atomic mass is 9.93. The van der Waals surface area contributed by atoms with E-state index in [0.717, 1.165) is 11.4 Å². The maximum absolute atomic E-state index is 2.42. The van der Waals surface area contributed by atoms with Crippen molar-refractivity contribution in [3.05, 3.63) is 212 Å². The second-order valence-electron chi connectivity index (χ2n) is 13.7. The molecule has 0 aliphatic rings. The Bertz CT molecular complexity index is 2890. The maximum atomic E-state index is 2.42. The number of hydrogen-bond acceptors (Lipinski definition) is 2. The van der Waals surface area contributed by atoms with Crippen LogP contribution in [0.2, 0.25) is 0 Å². The number of nitrogens with zero attached hydrogens (tertiary/aromatic N) is 1. The molecular formula is C52H35NS. The van der Waals surface area contributed by atoms with Gasteiger partial charge in [0.2, 0.25) is 0 Å². The van der Waals surface area contributed by atoms with E-state index in [4.69, 9.17) is 0 Å². The monoisotopic (exact) mass is 705 g/mol. The SMILES string of the molecule is c1ccc(-c2ccc(-c3ccc(N(c4ccc(-c5cc(-c6ccccc6)c6ccccc6c5)cc4)c4cccc5c4sc4ccccc45)cc3)cc2)cc1. The predicted molar refractivity (Wildman–Crippen MR) is 233 cm³/mol. The third-order valence-electron chi connectivity index (χ3n) is 10.5. The van der Waals surface area contributed by atoms with Crippen LogP contribution in [0.4, 0.5) is 17.1 Å². The van der Waals surface area contributed by atoms with Crippen LogP contribution in [-0.4, -0.2) is 0 Å². The molecule has 0 aliphatic carbocycles. The first-order valence-electron chi connectivity index (χ1n) is 18.4. The van der Waals surface area contributed by atoms with Crippen LogP contribution in [-0.2, 0) is 0 Å². The Labute approximate surface area is 319 Å². The minimum Gasteiger partial charge on any atom is -0.309 e. The first kappa shape index (κ1) is 32.0. The number of fused-ring (bicyclic) bond motifs is 4. The van der Waals surface area contributed by atoms with Crippen LogP contribution < -0.4 is 4.90 Å². The van der Waals surface area contributed by atoms with Crippen molar-refractivity contribution in [2.24, 2.45) is 0 Å². The van der Waals surface area contributed by atoms with Gasteiger partial charge in [0.15, 0.2) is 0 Å². The van der Waals surface area contributed by atoms with E-state index >= 15 is 0 Å². The van der Waals surface area contributed by atoms with Gasteiger partial charge in [-0.3, -0.25) is 0 Å². The van der Waals surface area contributed by atoms with Crippen molar-refractivity contribution >= 4 is 59.3 Å². The number of thiophene rings is 1. The highest BCUT2D eigenvalue weighted by Gasteiger charge is 2.19. The van der Waals surface area contributed by atoms with Crippen molar-refractivity contribution in [2.75, 3.05) is 4.90 Å². The van der Waals surface area contributed by atoms with Gasteiger partial charge < -0.3 is 4.90 Å². The average molecular weight is 706 g/mol. The molecule has 0 fully saturated rings. The molecule has 1 nitrogen and oxygen atoms in total.